The van der Waals surface area contributed by atoms with Crippen molar-refractivity contribution in [2.24, 2.45) is 0 Å². The summed E-state index contributed by atoms with van der Waals surface area (Å²) >= 11 is 0. The molecule has 0 bridgehead atoms. The van der Waals surface area contributed by atoms with E-state index in [1.54, 1.807) is 7.11 Å². The summed E-state index contributed by atoms with van der Waals surface area (Å²) in [4.78, 5) is 12.9. The van der Waals surface area contributed by atoms with Crippen molar-refractivity contribution in [3.8, 4) is 5.75 Å². The lowest BCUT2D eigenvalue weighted by Gasteiger charge is -2.21. The van der Waals surface area contributed by atoms with Gasteiger partial charge in [0.2, 0.25) is 0 Å². The zero-order valence-corrected chi connectivity index (χ0v) is 10.6. The number of hydrogen-bond acceptors (Lipinski definition) is 3. The Morgan fingerprint density at radius 1 is 1.50 bits per heavy atom. The van der Waals surface area contributed by atoms with Gasteiger partial charge in [0.25, 0.3) is 0 Å². The van der Waals surface area contributed by atoms with Crippen molar-refractivity contribution in [3.63, 3.8) is 0 Å². The van der Waals surface area contributed by atoms with E-state index in [9.17, 15) is 4.79 Å². The third-order valence-corrected chi connectivity index (χ3v) is 3.20. The smallest absolute Gasteiger partial charge is 0.304 e. The van der Waals surface area contributed by atoms with Gasteiger partial charge in [0, 0.05) is 19.1 Å². The topological polar surface area (TPSA) is 49.8 Å². The summed E-state index contributed by atoms with van der Waals surface area (Å²) in [6.07, 6.45) is 2.58. The molecule has 1 aromatic carbocycles. The highest BCUT2D eigenvalue weighted by Crippen LogP contribution is 2.28. The SMILES string of the molecule is COc1cccc(CN(CCC(=O)O)C2CC2)c1. The van der Waals surface area contributed by atoms with Crippen LogP contribution >= 0.6 is 0 Å². The molecule has 0 atom stereocenters. The maximum absolute atomic E-state index is 10.7. The van der Waals surface area contributed by atoms with Crippen molar-refractivity contribution in [3.05, 3.63) is 29.8 Å². The maximum Gasteiger partial charge on any atom is 0.304 e. The van der Waals surface area contributed by atoms with Gasteiger partial charge in [0.15, 0.2) is 0 Å². The summed E-state index contributed by atoms with van der Waals surface area (Å²) in [5.74, 6) is 0.118. The Bertz CT molecular complexity index is 415. The zero-order valence-electron chi connectivity index (χ0n) is 10.6. The Balaban J connectivity index is 1.96. The fourth-order valence-electron chi connectivity index (χ4n) is 2.07. The molecular weight excluding hydrogens is 230 g/mol. The van der Waals surface area contributed by atoms with Crippen LogP contribution in [0.15, 0.2) is 24.3 Å². The van der Waals surface area contributed by atoms with Gasteiger partial charge < -0.3 is 9.84 Å². The summed E-state index contributed by atoms with van der Waals surface area (Å²) in [5, 5.41) is 8.77. The first-order valence-electron chi connectivity index (χ1n) is 6.28. The normalized spacial score (nSPS) is 14.8. The number of hydrogen-bond donors (Lipinski definition) is 1. The van der Waals surface area contributed by atoms with Crippen LogP contribution in [-0.4, -0.2) is 35.7 Å². The standard InChI is InChI=1S/C14H19NO3/c1-18-13-4-2-3-11(9-13)10-15(12-5-6-12)8-7-14(16)17/h2-4,9,12H,5-8,10H2,1H3,(H,16,17). The Labute approximate surface area is 107 Å². The number of ether oxygens (including phenoxy) is 1. The predicted octanol–water partition coefficient (Wildman–Crippen LogP) is 2.13. The van der Waals surface area contributed by atoms with Crippen molar-refractivity contribution in [2.45, 2.75) is 31.8 Å². The van der Waals surface area contributed by atoms with Crippen LogP contribution in [0.2, 0.25) is 0 Å². The lowest BCUT2D eigenvalue weighted by atomic mass is 10.2. The van der Waals surface area contributed by atoms with E-state index in [4.69, 9.17) is 9.84 Å². The fourth-order valence-corrected chi connectivity index (χ4v) is 2.07. The highest BCUT2D eigenvalue weighted by molar-refractivity contribution is 5.66. The summed E-state index contributed by atoms with van der Waals surface area (Å²) in [7, 11) is 1.65. The highest BCUT2D eigenvalue weighted by Gasteiger charge is 2.29. The minimum Gasteiger partial charge on any atom is -0.497 e. The van der Waals surface area contributed by atoms with Crippen LogP contribution in [0.3, 0.4) is 0 Å². The first kappa shape index (κ1) is 12.9. The van der Waals surface area contributed by atoms with Crippen LogP contribution in [0.5, 0.6) is 5.75 Å². The largest absolute Gasteiger partial charge is 0.497 e. The molecule has 98 valence electrons. The molecule has 4 heteroatoms. The molecule has 0 aliphatic heterocycles. The molecule has 1 fully saturated rings. The molecule has 0 heterocycles. The second-order valence-electron chi connectivity index (χ2n) is 4.70. The molecule has 18 heavy (non-hydrogen) atoms. The maximum atomic E-state index is 10.7. The highest BCUT2D eigenvalue weighted by atomic mass is 16.5. The van der Waals surface area contributed by atoms with Gasteiger partial charge in [-0.05, 0) is 30.5 Å². The van der Waals surface area contributed by atoms with Crippen LogP contribution in [-0.2, 0) is 11.3 Å². The second-order valence-corrected chi connectivity index (χ2v) is 4.70. The number of rotatable bonds is 7. The predicted molar refractivity (Wildman–Crippen MR) is 68.7 cm³/mol. The molecule has 1 aromatic rings. The number of carboxylic acids is 1. The van der Waals surface area contributed by atoms with Crippen LogP contribution < -0.4 is 4.74 Å². The van der Waals surface area contributed by atoms with Crippen LogP contribution in [0.25, 0.3) is 0 Å². The van der Waals surface area contributed by atoms with Crippen molar-refractivity contribution < 1.29 is 14.6 Å². The summed E-state index contributed by atoms with van der Waals surface area (Å²) < 4.78 is 5.20. The molecule has 1 aliphatic rings. The Morgan fingerprint density at radius 2 is 2.28 bits per heavy atom. The molecule has 1 N–H and O–H groups in total. The lowest BCUT2D eigenvalue weighted by molar-refractivity contribution is -0.137. The van der Waals surface area contributed by atoms with Crippen molar-refractivity contribution in [2.75, 3.05) is 13.7 Å². The first-order valence-corrected chi connectivity index (χ1v) is 6.28. The summed E-state index contributed by atoms with van der Waals surface area (Å²) in [6, 6.07) is 8.52. The first-order chi connectivity index (χ1) is 8.69. The van der Waals surface area contributed by atoms with Gasteiger partial charge in [0.05, 0.1) is 13.5 Å². The monoisotopic (exact) mass is 249 g/mol. The molecule has 1 saturated carbocycles. The molecule has 0 radical (unpaired) electrons. The lowest BCUT2D eigenvalue weighted by Crippen LogP contribution is -2.28. The third kappa shape index (κ3) is 3.74. The summed E-state index contributed by atoms with van der Waals surface area (Å²) in [5.41, 5.74) is 1.17. The average Bonchev–Trinajstić information content (AvgIpc) is 3.18. The van der Waals surface area contributed by atoms with Gasteiger partial charge in [-0.2, -0.15) is 0 Å². The number of benzene rings is 1. The molecular formula is C14H19NO3. The number of aliphatic carboxylic acids is 1. The number of carbonyl (C=O) groups is 1. The minimum absolute atomic E-state index is 0.209. The fraction of sp³-hybridized carbons (Fsp3) is 0.500. The molecule has 4 nitrogen and oxygen atoms in total. The molecule has 0 amide bonds. The molecule has 0 saturated heterocycles. The number of carboxylic acid groups (broad SMARTS) is 1. The molecule has 0 aromatic heterocycles. The third-order valence-electron chi connectivity index (χ3n) is 3.20. The van der Waals surface area contributed by atoms with Gasteiger partial charge in [-0.3, -0.25) is 9.69 Å². The summed E-state index contributed by atoms with van der Waals surface area (Å²) in [6.45, 7) is 1.42. The van der Waals surface area contributed by atoms with Gasteiger partial charge in [-0.15, -0.1) is 0 Å². The van der Waals surface area contributed by atoms with Gasteiger partial charge in [0.1, 0.15) is 5.75 Å². The van der Waals surface area contributed by atoms with Crippen LogP contribution in [0, 0.1) is 0 Å². The van der Waals surface area contributed by atoms with Crippen molar-refractivity contribution in [1.29, 1.82) is 0 Å². The average molecular weight is 249 g/mol. The van der Waals surface area contributed by atoms with E-state index in [1.165, 1.54) is 18.4 Å². The quantitative estimate of drug-likeness (QED) is 0.804. The van der Waals surface area contributed by atoms with E-state index < -0.39 is 5.97 Å². The number of nitrogens with zero attached hydrogens (tertiary/aromatic N) is 1. The van der Waals surface area contributed by atoms with Crippen LogP contribution in [0.4, 0.5) is 0 Å². The van der Waals surface area contributed by atoms with Gasteiger partial charge >= 0.3 is 5.97 Å². The van der Waals surface area contributed by atoms with E-state index in [1.807, 2.05) is 18.2 Å². The van der Waals surface area contributed by atoms with E-state index in [2.05, 4.69) is 11.0 Å². The molecule has 2 rings (SSSR count). The Morgan fingerprint density at radius 3 is 2.89 bits per heavy atom. The van der Waals surface area contributed by atoms with Crippen LogP contribution in [0.1, 0.15) is 24.8 Å². The second kappa shape index (κ2) is 5.87. The minimum atomic E-state index is -0.730. The van der Waals surface area contributed by atoms with E-state index >= 15 is 0 Å². The van der Waals surface area contributed by atoms with E-state index in [0.29, 0.717) is 12.6 Å². The molecule has 0 unspecified atom stereocenters. The van der Waals surface area contributed by atoms with Gasteiger partial charge in [-0.1, -0.05) is 12.1 Å². The Hall–Kier alpha value is -1.55. The van der Waals surface area contributed by atoms with Crippen molar-refractivity contribution in [1.82, 2.24) is 4.90 Å². The Kier molecular flexibility index (Phi) is 4.20. The number of methoxy groups -OCH3 is 1. The van der Waals surface area contributed by atoms with E-state index in [-0.39, 0.29) is 6.42 Å². The molecule has 0 spiro atoms. The van der Waals surface area contributed by atoms with E-state index in [0.717, 1.165) is 12.3 Å². The van der Waals surface area contributed by atoms with Gasteiger partial charge in [-0.25, -0.2) is 0 Å². The van der Waals surface area contributed by atoms with Crippen molar-refractivity contribution >= 4 is 5.97 Å². The zero-order chi connectivity index (χ0) is 13.0. The molecule has 1 aliphatic carbocycles.